The van der Waals surface area contributed by atoms with E-state index in [4.69, 9.17) is 0 Å². The molecule has 0 saturated carbocycles. The highest BCUT2D eigenvalue weighted by atomic mass is 16.4. The van der Waals surface area contributed by atoms with Crippen LogP contribution in [0.15, 0.2) is 0 Å². The van der Waals surface area contributed by atoms with E-state index in [2.05, 4.69) is 60.1 Å². The number of hydrogen-bond acceptors (Lipinski definition) is 16. The molecule has 0 spiro atoms. The Labute approximate surface area is 517 Å². The largest absolute Gasteiger partial charge is 0.481 e. The second-order valence-electron chi connectivity index (χ2n) is 23.0. The van der Waals surface area contributed by atoms with Crippen LogP contribution in [0, 0.1) is 5.92 Å². The Morgan fingerprint density at radius 3 is 1.51 bits per heavy atom. The van der Waals surface area contributed by atoms with E-state index in [1.165, 1.54) is 43.4 Å². The number of aliphatic hydroxyl groups excluding tert-OH is 1. The molecule has 0 radical (unpaired) electrons. The molecule has 0 aromatic rings. The van der Waals surface area contributed by atoms with E-state index in [0.29, 0.717) is 19.3 Å². The SMILES string of the molecule is CCCCCCCCCCCCCCC(=O)N[C@@H](CCC(=O)O)C(=O)N[C@H]1CNC(=O)[C@@H]2CCCN2C(=O)[C@H]([C@H](C)CC)NC(=O)[C@H]([C@@H](C)O)NC(=O)CNC(=O)[C@H](CC(=O)O)NC(=O)CNC(=O)[C@H](CC(=O)O)NC(=O)CNC(=O)[C@@H]2CCCCN2C1=O. The van der Waals surface area contributed by atoms with Crippen molar-refractivity contribution in [2.24, 2.45) is 5.92 Å². The van der Waals surface area contributed by atoms with E-state index in [1.807, 2.05) is 0 Å². The number of aliphatic carboxylic acids is 3. The van der Waals surface area contributed by atoms with Crippen LogP contribution in [0.3, 0.4) is 0 Å². The zero-order valence-electron chi connectivity index (χ0n) is 51.6. The van der Waals surface area contributed by atoms with E-state index < -0.39 is 201 Å². The minimum absolute atomic E-state index is 0.00109. The lowest BCUT2D eigenvalue weighted by Gasteiger charge is -2.37. The molecular formula is C58H94N12O19. The van der Waals surface area contributed by atoms with Crippen LogP contribution < -0.4 is 53.2 Å². The van der Waals surface area contributed by atoms with Gasteiger partial charge in [-0.05, 0) is 57.8 Å². The highest BCUT2D eigenvalue weighted by molar-refractivity contribution is 5.99. The normalized spacial score (nSPS) is 23.8. The van der Waals surface area contributed by atoms with Gasteiger partial charge >= 0.3 is 17.9 Å². The first-order chi connectivity index (χ1) is 42.3. The summed E-state index contributed by atoms with van der Waals surface area (Å²) < 4.78 is 0. The van der Waals surface area contributed by atoms with Crippen LogP contribution in [0.5, 0.6) is 0 Å². The van der Waals surface area contributed by atoms with Crippen molar-refractivity contribution in [1.29, 1.82) is 0 Å². The van der Waals surface area contributed by atoms with Gasteiger partial charge < -0.3 is 83.4 Å². The Kier molecular flexibility index (Phi) is 33.7. The lowest BCUT2D eigenvalue weighted by molar-refractivity contribution is -0.146. The van der Waals surface area contributed by atoms with Crippen LogP contribution in [-0.4, -0.2) is 213 Å². The molecule has 0 unspecified atom stereocenters. The van der Waals surface area contributed by atoms with E-state index in [1.54, 1.807) is 13.8 Å². The first-order valence-electron chi connectivity index (χ1n) is 31.1. The van der Waals surface area contributed by atoms with Crippen molar-refractivity contribution in [1.82, 2.24) is 63.0 Å². The number of nitrogens with one attached hydrogen (secondary N) is 10. The van der Waals surface area contributed by atoms with Crippen LogP contribution in [0.25, 0.3) is 0 Å². The Balaban J connectivity index is 2.01. The van der Waals surface area contributed by atoms with Crippen LogP contribution in [0.2, 0.25) is 0 Å². The van der Waals surface area contributed by atoms with Gasteiger partial charge in [0.2, 0.25) is 70.9 Å². The lowest BCUT2D eigenvalue weighted by atomic mass is 9.96. The van der Waals surface area contributed by atoms with Gasteiger partial charge in [0.05, 0.1) is 38.6 Å². The number of unbranched alkanes of at least 4 members (excludes halogenated alkanes) is 11. The summed E-state index contributed by atoms with van der Waals surface area (Å²) in [6, 6.07) is -12.7. The van der Waals surface area contributed by atoms with E-state index in [-0.39, 0.29) is 45.2 Å². The molecule has 31 nitrogen and oxygen atoms in total. The monoisotopic (exact) mass is 1260 g/mol. The Morgan fingerprint density at radius 2 is 1.00 bits per heavy atom. The number of rotatable bonds is 26. The Hall–Kier alpha value is -7.99. The molecule has 500 valence electrons. The fourth-order valence-electron chi connectivity index (χ4n) is 10.6. The number of carbonyl (C=O) groups excluding carboxylic acids is 12. The fraction of sp³-hybridized carbons (Fsp3) is 0.741. The van der Waals surface area contributed by atoms with Gasteiger partial charge in [0, 0.05) is 32.5 Å². The molecule has 0 aliphatic carbocycles. The van der Waals surface area contributed by atoms with Crippen molar-refractivity contribution in [2.45, 2.75) is 230 Å². The minimum atomic E-state index is -1.89. The highest BCUT2D eigenvalue weighted by Crippen LogP contribution is 2.23. The van der Waals surface area contributed by atoms with Gasteiger partial charge in [0.15, 0.2) is 0 Å². The summed E-state index contributed by atoms with van der Waals surface area (Å²) in [5.74, 6) is -17.1. The van der Waals surface area contributed by atoms with E-state index in [0.717, 1.165) is 43.9 Å². The van der Waals surface area contributed by atoms with Gasteiger partial charge in [-0.2, -0.15) is 0 Å². The smallest absolute Gasteiger partial charge is 0.305 e. The molecule has 3 saturated heterocycles. The summed E-state index contributed by atoms with van der Waals surface area (Å²) >= 11 is 0. The van der Waals surface area contributed by atoms with Crippen molar-refractivity contribution in [3.8, 4) is 0 Å². The van der Waals surface area contributed by atoms with Crippen molar-refractivity contribution in [2.75, 3.05) is 39.3 Å². The summed E-state index contributed by atoms with van der Waals surface area (Å²) in [5.41, 5.74) is 0. The van der Waals surface area contributed by atoms with Crippen LogP contribution in [0.4, 0.5) is 0 Å². The predicted octanol–water partition coefficient (Wildman–Crippen LogP) is -1.92. The molecule has 3 rings (SSSR count). The van der Waals surface area contributed by atoms with E-state index in [9.17, 15) is 92.3 Å². The Bertz CT molecular complexity index is 2480. The van der Waals surface area contributed by atoms with Crippen molar-refractivity contribution < 1.29 is 92.3 Å². The third-order valence-electron chi connectivity index (χ3n) is 15.8. The number of carboxylic acid groups (broad SMARTS) is 3. The van der Waals surface area contributed by atoms with Gasteiger partial charge in [0.25, 0.3) is 0 Å². The Morgan fingerprint density at radius 1 is 0.528 bits per heavy atom. The van der Waals surface area contributed by atoms with E-state index >= 15 is 0 Å². The van der Waals surface area contributed by atoms with Crippen LogP contribution in [0.1, 0.15) is 175 Å². The highest BCUT2D eigenvalue weighted by Gasteiger charge is 2.43. The molecule has 3 aliphatic heterocycles. The van der Waals surface area contributed by atoms with Gasteiger partial charge in [-0.15, -0.1) is 0 Å². The summed E-state index contributed by atoms with van der Waals surface area (Å²) in [7, 11) is 0. The molecule has 3 heterocycles. The molecule has 0 aromatic heterocycles. The number of piperidine rings is 1. The summed E-state index contributed by atoms with van der Waals surface area (Å²) in [6.45, 7) is 2.98. The molecule has 31 heteroatoms. The van der Waals surface area contributed by atoms with Crippen molar-refractivity contribution >= 4 is 88.8 Å². The van der Waals surface area contributed by atoms with Gasteiger partial charge in [0.1, 0.15) is 48.3 Å². The lowest BCUT2D eigenvalue weighted by Crippen LogP contribution is -2.63. The number of hydrogen-bond donors (Lipinski definition) is 14. The summed E-state index contributed by atoms with van der Waals surface area (Å²) in [4.78, 5) is 203. The molecule has 12 amide bonds. The molecule has 3 fully saturated rings. The minimum Gasteiger partial charge on any atom is -0.481 e. The maximum absolute atomic E-state index is 14.9. The number of carbonyl (C=O) groups is 15. The van der Waals surface area contributed by atoms with Gasteiger partial charge in [-0.3, -0.25) is 71.9 Å². The maximum atomic E-state index is 14.9. The average Bonchev–Trinajstić information content (AvgIpc) is 3.73. The first-order valence-corrected chi connectivity index (χ1v) is 31.1. The molecule has 10 atom stereocenters. The third-order valence-corrected chi connectivity index (χ3v) is 15.8. The number of aliphatic hydroxyl groups is 1. The number of carboxylic acids is 3. The second-order valence-corrected chi connectivity index (χ2v) is 23.0. The number of nitrogens with zero attached hydrogens (tertiary/aromatic N) is 2. The molecule has 14 N–H and O–H groups in total. The van der Waals surface area contributed by atoms with Crippen LogP contribution in [-0.2, 0) is 71.9 Å². The van der Waals surface area contributed by atoms with Gasteiger partial charge in [-0.25, -0.2) is 0 Å². The number of amides is 12. The molecule has 89 heavy (non-hydrogen) atoms. The maximum Gasteiger partial charge on any atom is 0.305 e. The average molecular weight is 1260 g/mol. The molecular weight excluding hydrogens is 1170 g/mol. The topological polar surface area (TPSA) is 464 Å². The summed E-state index contributed by atoms with van der Waals surface area (Å²) in [5, 5.41) is 62.7. The third kappa shape index (κ3) is 27.1. The standard InChI is InChI=1S/C58H94N12O19/c1-5-7-8-9-10-11-12-13-14-15-16-17-23-42(72)63-36(24-25-46(76)77)53(84)66-39-30-59-54(85)41-22-20-27-70(41)58(89)49(34(3)6-2)68-56(87)50(35(4)71)67-45(75)33-61-52(83)38(29-48(80)81)64-43(73)31-60-51(82)37(28-47(78)79)65-44(74)32-62-55(86)40-21-18-19-26-69(40)57(39)88/h34-41,49-50,71H,5-33H2,1-4H3,(H,59,85)(H,60,82)(H,61,83)(H,62,86)(H,63,72)(H,64,73)(H,65,74)(H,66,84)(H,67,75)(H,68,87)(H,76,77)(H,78,79)(H,80,81)/t34-,35-,36+,37+,38+,39+,40+,41+,49+,50+/m1/s1. The summed E-state index contributed by atoms with van der Waals surface area (Å²) in [6.07, 6.45) is 9.14. The zero-order valence-corrected chi connectivity index (χ0v) is 51.6. The predicted molar refractivity (Wildman–Crippen MR) is 316 cm³/mol. The first kappa shape index (κ1) is 75.3. The molecule has 0 aromatic carbocycles. The van der Waals surface area contributed by atoms with Crippen molar-refractivity contribution in [3.05, 3.63) is 0 Å². The zero-order chi connectivity index (χ0) is 66.2. The quantitative estimate of drug-likeness (QED) is 0.0420. The molecule has 3 aliphatic rings. The fourth-order valence-corrected chi connectivity index (χ4v) is 10.6. The molecule has 0 bridgehead atoms. The number of fused-ring (bicyclic) bond motifs is 2. The van der Waals surface area contributed by atoms with Gasteiger partial charge in [-0.1, -0.05) is 97.8 Å². The second kappa shape index (κ2) is 39.8. The van der Waals surface area contributed by atoms with Crippen LogP contribution >= 0.6 is 0 Å². The van der Waals surface area contributed by atoms with Crippen molar-refractivity contribution in [3.63, 3.8) is 0 Å².